The first-order valence-electron chi connectivity index (χ1n) is 13.4. The number of nitrogens with zero attached hydrogens (tertiary/aromatic N) is 4. The lowest BCUT2D eigenvalue weighted by Gasteiger charge is -2.23. The smallest absolute Gasteiger partial charge is 0.231 e. The van der Waals surface area contributed by atoms with Crippen LogP contribution in [0.4, 0.5) is 11.5 Å². The average Bonchev–Trinajstić information content (AvgIpc) is 3.67. The van der Waals surface area contributed by atoms with Gasteiger partial charge in [-0.3, -0.25) is 0 Å². The molecule has 2 aromatic carbocycles. The molecule has 0 radical (unpaired) electrons. The summed E-state index contributed by atoms with van der Waals surface area (Å²) >= 11 is 1.45. The first-order valence-corrected chi connectivity index (χ1v) is 14.2. The summed E-state index contributed by atoms with van der Waals surface area (Å²) in [6.07, 6.45) is 0.827. The fourth-order valence-electron chi connectivity index (χ4n) is 4.49. The molecule has 0 aliphatic carbocycles. The third-order valence-corrected chi connectivity index (χ3v) is 7.53. The molecule has 3 N–H and O–H groups in total. The van der Waals surface area contributed by atoms with Gasteiger partial charge in [0.2, 0.25) is 6.79 Å². The number of aryl methyl sites for hydroxylation is 1. The Labute approximate surface area is 242 Å². The van der Waals surface area contributed by atoms with E-state index in [0.29, 0.717) is 45.9 Å². The van der Waals surface area contributed by atoms with E-state index in [-0.39, 0.29) is 18.9 Å². The molecule has 10 nitrogen and oxygen atoms in total. The van der Waals surface area contributed by atoms with E-state index in [9.17, 15) is 5.11 Å². The van der Waals surface area contributed by atoms with E-state index in [0.717, 1.165) is 21.9 Å². The lowest BCUT2D eigenvalue weighted by Crippen LogP contribution is -2.42. The number of aromatic nitrogens is 4. The highest BCUT2D eigenvalue weighted by Gasteiger charge is 2.25. The Morgan fingerprint density at radius 2 is 1.83 bits per heavy atom. The normalized spacial score (nSPS) is 13.6. The molecule has 6 rings (SSSR count). The lowest BCUT2D eigenvalue weighted by atomic mass is 10.1. The highest BCUT2D eigenvalue weighted by atomic mass is 32.2. The topological polar surface area (TPSA) is 119 Å². The second-order valence-electron chi connectivity index (χ2n) is 10.9. The molecule has 212 valence electrons. The summed E-state index contributed by atoms with van der Waals surface area (Å²) in [5.41, 5.74) is 2.83. The van der Waals surface area contributed by atoms with E-state index in [4.69, 9.17) is 18.9 Å². The number of para-hydroxylation sites is 1. The number of aliphatic hydroxyl groups excluding tert-OH is 1. The second kappa shape index (κ2) is 11.1. The van der Waals surface area contributed by atoms with E-state index in [1.54, 1.807) is 0 Å². The number of hydrogen-bond donors (Lipinski definition) is 3. The minimum absolute atomic E-state index is 0.132. The Kier molecular flexibility index (Phi) is 7.33. The Morgan fingerprint density at radius 1 is 1.05 bits per heavy atom. The molecule has 1 unspecified atom stereocenters. The van der Waals surface area contributed by atoms with Crippen LogP contribution in [0.3, 0.4) is 0 Å². The van der Waals surface area contributed by atoms with Gasteiger partial charge in [-0.2, -0.15) is 0 Å². The largest absolute Gasteiger partial charge is 0.461 e. The average molecular weight is 573 g/mol. The summed E-state index contributed by atoms with van der Waals surface area (Å²) in [6, 6.07) is 17.5. The van der Waals surface area contributed by atoms with Crippen molar-refractivity contribution in [3.63, 3.8) is 0 Å². The van der Waals surface area contributed by atoms with Crippen LogP contribution >= 0.6 is 11.8 Å². The number of ether oxygens (including phenoxy) is 2. The van der Waals surface area contributed by atoms with E-state index < -0.39 is 6.10 Å². The van der Waals surface area contributed by atoms with Crippen LogP contribution in [-0.4, -0.2) is 49.6 Å². The van der Waals surface area contributed by atoms with E-state index in [1.807, 2.05) is 66.1 Å². The van der Waals surface area contributed by atoms with Crippen molar-refractivity contribution >= 4 is 34.4 Å². The van der Waals surface area contributed by atoms with Gasteiger partial charge < -0.3 is 34.2 Å². The highest BCUT2D eigenvalue weighted by Crippen LogP contribution is 2.45. The minimum Gasteiger partial charge on any atom is -0.461 e. The monoisotopic (exact) mass is 572 g/mol. The van der Waals surface area contributed by atoms with Gasteiger partial charge in [-0.15, -0.1) is 0 Å². The molecular formula is C30H32N6O4S. The van der Waals surface area contributed by atoms with Gasteiger partial charge in [-0.25, -0.2) is 15.0 Å². The zero-order chi connectivity index (χ0) is 28.6. The van der Waals surface area contributed by atoms with Crippen LogP contribution in [0.2, 0.25) is 0 Å². The van der Waals surface area contributed by atoms with Crippen molar-refractivity contribution in [1.29, 1.82) is 0 Å². The fourth-order valence-corrected chi connectivity index (χ4v) is 5.53. The third kappa shape index (κ3) is 6.02. The molecule has 11 heteroatoms. The number of fused-ring (bicyclic) bond motifs is 2. The summed E-state index contributed by atoms with van der Waals surface area (Å²) in [4.78, 5) is 15.0. The molecule has 0 spiro atoms. The zero-order valence-electron chi connectivity index (χ0n) is 23.3. The van der Waals surface area contributed by atoms with Gasteiger partial charge in [-0.05, 0) is 64.1 Å². The van der Waals surface area contributed by atoms with Crippen LogP contribution in [0, 0.1) is 6.92 Å². The van der Waals surface area contributed by atoms with Crippen molar-refractivity contribution in [2.75, 3.05) is 18.7 Å². The van der Waals surface area contributed by atoms with Gasteiger partial charge in [-0.1, -0.05) is 30.0 Å². The van der Waals surface area contributed by atoms with Crippen molar-refractivity contribution in [2.24, 2.45) is 0 Å². The summed E-state index contributed by atoms with van der Waals surface area (Å²) in [5.74, 6) is 3.42. The Morgan fingerprint density at radius 3 is 2.56 bits per heavy atom. The van der Waals surface area contributed by atoms with E-state index in [2.05, 4.69) is 41.4 Å². The number of benzene rings is 2. The minimum atomic E-state index is -0.685. The number of nitrogens with one attached hydrogen (secondary N) is 2. The van der Waals surface area contributed by atoms with Crippen LogP contribution in [-0.2, 0) is 6.54 Å². The predicted molar refractivity (Wildman–Crippen MR) is 158 cm³/mol. The van der Waals surface area contributed by atoms with Crippen molar-refractivity contribution < 1.29 is 19.0 Å². The Balaban J connectivity index is 1.43. The van der Waals surface area contributed by atoms with E-state index in [1.165, 1.54) is 18.1 Å². The molecule has 0 amide bonds. The van der Waals surface area contributed by atoms with Gasteiger partial charge in [0.15, 0.2) is 33.6 Å². The van der Waals surface area contributed by atoms with Gasteiger partial charge in [0.25, 0.3) is 0 Å². The van der Waals surface area contributed by atoms with Gasteiger partial charge in [0, 0.05) is 28.2 Å². The number of anilines is 2. The van der Waals surface area contributed by atoms with Gasteiger partial charge >= 0.3 is 0 Å². The van der Waals surface area contributed by atoms with Crippen molar-refractivity contribution in [3.05, 3.63) is 66.7 Å². The van der Waals surface area contributed by atoms with Crippen LogP contribution in [0.5, 0.6) is 11.5 Å². The van der Waals surface area contributed by atoms with Crippen molar-refractivity contribution in [2.45, 2.75) is 55.9 Å². The summed E-state index contributed by atoms with van der Waals surface area (Å²) in [7, 11) is 0. The molecule has 0 saturated heterocycles. The molecule has 0 bridgehead atoms. The molecule has 41 heavy (non-hydrogen) atoms. The maximum absolute atomic E-state index is 11.1. The van der Waals surface area contributed by atoms with Crippen molar-refractivity contribution in [3.8, 4) is 22.8 Å². The molecule has 4 heterocycles. The van der Waals surface area contributed by atoms with E-state index >= 15 is 0 Å². The third-order valence-electron chi connectivity index (χ3n) is 6.48. The van der Waals surface area contributed by atoms with Crippen LogP contribution < -0.4 is 20.1 Å². The maximum atomic E-state index is 11.1. The number of β-amino-alcohol motifs (C(OH)–C–C–N with tert-alkyl or cyclic N) is 1. The van der Waals surface area contributed by atoms with Crippen molar-refractivity contribution in [1.82, 2.24) is 24.8 Å². The summed E-state index contributed by atoms with van der Waals surface area (Å²) in [5, 5.41) is 18.5. The quantitative estimate of drug-likeness (QED) is 0.201. The van der Waals surface area contributed by atoms with Gasteiger partial charge in [0.1, 0.15) is 17.8 Å². The predicted octanol–water partition coefficient (Wildman–Crippen LogP) is 5.77. The number of hydrogen-bond acceptors (Lipinski definition) is 10. The first kappa shape index (κ1) is 27.1. The van der Waals surface area contributed by atoms with Gasteiger partial charge in [0.05, 0.1) is 12.6 Å². The number of aliphatic hydroxyl groups is 1. The molecule has 1 atom stereocenters. The maximum Gasteiger partial charge on any atom is 0.231 e. The Bertz CT molecular complexity index is 1680. The number of furan rings is 1. The molecule has 3 aromatic heterocycles. The molecule has 0 saturated carbocycles. The molecule has 1 aliphatic heterocycles. The molecular weight excluding hydrogens is 540 g/mol. The molecule has 0 fully saturated rings. The van der Waals surface area contributed by atoms with Crippen LogP contribution in [0.1, 0.15) is 26.5 Å². The van der Waals surface area contributed by atoms with Crippen LogP contribution in [0.15, 0.2) is 75.4 Å². The summed E-state index contributed by atoms with van der Waals surface area (Å²) < 4.78 is 19.3. The fraction of sp³-hybridized carbons (Fsp3) is 0.300. The first-order chi connectivity index (χ1) is 19.7. The second-order valence-corrected chi connectivity index (χ2v) is 11.9. The molecule has 1 aliphatic rings. The van der Waals surface area contributed by atoms with Crippen LogP contribution in [0.25, 0.3) is 22.5 Å². The highest BCUT2D eigenvalue weighted by molar-refractivity contribution is 7.99. The number of rotatable bonds is 9. The zero-order valence-corrected chi connectivity index (χ0v) is 24.2. The number of imidazole rings is 1. The molecule has 5 aromatic rings. The Hall–Kier alpha value is -4.06. The SMILES string of the molecule is Cc1ccc(-c2cc3c(cc2Sc2nc4c(Nc5ccccc5)ncnc4n2CC(O)CNC(C)(C)C)OCO3)o1. The summed E-state index contributed by atoms with van der Waals surface area (Å²) in [6.45, 7) is 8.98. The standard InChI is InChI=1S/C30H32N6O4S/c1-18-10-11-22(40-18)21-12-23-24(39-17-38-23)13-25(21)41-29-35-26-27(34-19-8-6-5-7-9-19)31-16-32-28(26)36(29)15-20(37)14-33-30(2,3)4/h5-13,16,20,33,37H,14-15,17H2,1-4H3,(H,31,32,34). The lowest BCUT2D eigenvalue weighted by molar-refractivity contribution is 0.140.